The van der Waals surface area contributed by atoms with E-state index >= 15 is 0 Å². The summed E-state index contributed by atoms with van der Waals surface area (Å²) in [5.74, 6) is 1.92. The molecule has 0 aliphatic carbocycles. The number of aliphatic imine (C=N–C) groups is 1. The number of aromatic nitrogens is 1. The summed E-state index contributed by atoms with van der Waals surface area (Å²) >= 11 is 0. The van der Waals surface area contributed by atoms with Crippen LogP contribution in [-0.2, 0) is 6.54 Å². The highest BCUT2D eigenvalue weighted by molar-refractivity contribution is 14.0. The fraction of sp³-hybridized carbons (Fsp3) is 0.800. The molecule has 0 aromatic carbocycles. The van der Waals surface area contributed by atoms with Crippen LogP contribution in [0.5, 0.6) is 0 Å². The lowest BCUT2D eigenvalue weighted by Crippen LogP contribution is -2.52. The van der Waals surface area contributed by atoms with Gasteiger partial charge in [0, 0.05) is 58.9 Å². The van der Waals surface area contributed by atoms with Crippen molar-refractivity contribution in [2.24, 2.45) is 10.9 Å². The molecule has 2 saturated heterocycles. The maximum absolute atomic E-state index is 4.92. The van der Waals surface area contributed by atoms with Crippen molar-refractivity contribution in [2.45, 2.75) is 39.2 Å². The van der Waals surface area contributed by atoms with Gasteiger partial charge >= 0.3 is 0 Å². The highest BCUT2D eigenvalue weighted by Gasteiger charge is 2.20. The molecule has 3 rings (SSSR count). The lowest BCUT2D eigenvalue weighted by Gasteiger charge is -2.36. The molecule has 1 aromatic rings. The van der Waals surface area contributed by atoms with Gasteiger partial charge in [-0.15, -0.1) is 24.0 Å². The summed E-state index contributed by atoms with van der Waals surface area (Å²) in [6, 6.07) is 1.94. The van der Waals surface area contributed by atoms with E-state index in [1.807, 2.05) is 13.1 Å². The Bertz CT molecular complexity index is 559. The van der Waals surface area contributed by atoms with Gasteiger partial charge in [-0.25, -0.2) is 0 Å². The van der Waals surface area contributed by atoms with Crippen LogP contribution >= 0.6 is 24.0 Å². The van der Waals surface area contributed by atoms with Gasteiger partial charge in [-0.05, 0) is 44.7 Å². The van der Waals surface area contributed by atoms with Gasteiger partial charge in [0.1, 0.15) is 6.26 Å². The predicted octanol–water partition coefficient (Wildman–Crippen LogP) is 2.50. The number of likely N-dealkylation sites (tertiary alicyclic amines) is 1. The Kier molecular flexibility index (Phi) is 10.6. The summed E-state index contributed by atoms with van der Waals surface area (Å²) in [4.78, 5) is 11.9. The number of guanidine groups is 1. The number of piperidine rings is 1. The Morgan fingerprint density at radius 3 is 2.71 bits per heavy atom. The Labute approximate surface area is 186 Å². The van der Waals surface area contributed by atoms with Crippen molar-refractivity contribution in [3.8, 4) is 0 Å². The quantitative estimate of drug-likeness (QED) is 0.267. The average molecular weight is 504 g/mol. The minimum absolute atomic E-state index is 0. The summed E-state index contributed by atoms with van der Waals surface area (Å²) in [6.07, 6.45) is 6.89. The van der Waals surface area contributed by atoms with Crippen LogP contribution in [-0.4, -0.2) is 85.2 Å². The molecule has 2 aliphatic heterocycles. The van der Waals surface area contributed by atoms with Gasteiger partial charge in [-0.3, -0.25) is 9.89 Å². The number of nitrogens with one attached hydrogen (secondary N) is 1. The second kappa shape index (κ2) is 12.6. The van der Waals surface area contributed by atoms with Gasteiger partial charge in [0.2, 0.25) is 0 Å². The molecule has 0 radical (unpaired) electrons. The van der Waals surface area contributed by atoms with E-state index in [-0.39, 0.29) is 24.0 Å². The average Bonchev–Trinajstić information content (AvgIpc) is 3.19. The van der Waals surface area contributed by atoms with Crippen LogP contribution in [0.1, 0.15) is 38.3 Å². The number of nitrogens with zero attached hydrogens (tertiary/aromatic N) is 5. The van der Waals surface area contributed by atoms with E-state index in [9.17, 15) is 0 Å². The van der Waals surface area contributed by atoms with E-state index in [0.717, 1.165) is 56.8 Å². The van der Waals surface area contributed by atoms with Crippen molar-refractivity contribution in [2.75, 3.05) is 59.4 Å². The van der Waals surface area contributed by atoms with Crippen molar-refractivity contribution in [3.05, 3.63) is 18.0 Å². The third-order valence-corrected chi connectivity index (χ3v) is 5.69. The first kappa shape index (κ1) is 23.4. The molecule has 1 N–H and O–H groups in total. The van der Waals surface area contributed by atoms with Crippen molar-refractivity contribution in [3.63, 3.8) is 0 Å². The Morgan fingerprint density at radius 1 is 1.21 bits per heavy atom. The SMILES string of the molecule is CN=C(NCCCCN1CCCC(C)C1)N1CCN(Cc2ccon2)CC1.I. The topological polar surface area (TPSA) is 60.1 Å². The van der Waals surface area contributed by atoms with Crippen molar-refractivity contribution < 1.29 is 4.52 Å². The number of piperazine rings is 1. The van der Waals surface area contributed by atoms with Gasteiger partial charge < -0.3 is 19.6 Å². The number of unbranched alkanes of at least 4 members (excludes halogenated alkanes) is 1. The van der Waals surface area contributed by atoms with Crippen LogP contribution in [0.4, 0.5) is 0 Å². The second-order valence-electron chi connectivity index (χ2n) is 7.98. The molecule has 2 aliphatic rings. The van der Waals surface area contributed by atoms with E-state index in [1.165, 1.54) is 45.3 Å². The number of hydrogen-bond donors (Lipinski definition) is 1. The van der Waals surface area contributed by atoms with E-state index in [2.05, 4.69) is 37.1 Å². The maximum Gasteiger partial charge on any atom is 0.193 e. The molecule has 3 heterocycles. The first-order valence-electron chi connectivity index (χ1n) is 10.5. The minimum Gasteiger partial charge on any atom is -0.364 e. The molecule has 8 heteroatoms. The van der Waals surface area contributed by atoms with Crippen molar-refractivity contribution in [1.82, 2.24) is 25.2 Å². The zero-order chi connectivity index (χ0) is 18.9. The van der Waals surface area contributed by atoms with Crippen molar-refractivity contribution in [1.29, 1.82) is 0 Å². The first-order valence-corrected chi connectivity index (χ1v) is 10.5. The van der Waals surface area contributed by atoms with Crippen LogP contribution in [0, 0.1) is 5.92 Å². The van der Waals surface area contributed by atoms with Crippen LogP contribution in [0.3, 0.4) is 0 Å². The zero-order valence-corrected chi connectivity index (χ0v) is 19.8. The first-order chi connectivity index (χ1) is 13.2. The van der Waals surface area contributed by atoms with E-state index in [0.29, 0.717) is 0 Å². The number of halogens is 1. The Balaban J connectivity index is 0.00000280. The molecule has 2 fully saturated rings. The highest BCUT2D eigenvalue weighted by atomic mass is 127. The molecule has 7 nitrogen and oxygen atoms in total. The fourth-order valence-electron chi connectivity index (χ4n) is 4.15. The van der Waals surface area contributed by atoms with Gasteiger partial charge in [-0.2, -0.15) is 0 Å². The molecule has 28 heavy (non-hydrogen) atoms. The molecule has 0 saturated carbocycles. The van der Waals surface area contributed by atoms with Gasteiger partial charge in [-0.1, -0.05) is 12.1 Å². The Morgan fingerprint density at radius 2 is 2.04 bits per heavy atom. The second-order valence-corrected chi connectivity index (χ2v) is 7.98. The summed E-state index contributed by atoms with van der Waals surface area (Å²) in [5, 5.41) is 7.56. The molecular formula is C20H37IN6O. The van der Waals surface area contributed by atoms with E-state index < -0.39 is 0 Å². The monoisotopic (exact) mass is 504 g/mol. The smallest absolute Gasteiger partial charge is 0.193 e. The normalized spacial score (nSPS) is 22.1. The molecular weight excluding hydrogens is 467 g/mol. The minimum atomic E-state index is 0. The molecule has 0 amide bonds. The van der Waals surface area contributed by atoms with Gasteiger partial charge in [0.15, 0.2) is 5.96 Å². The van der Waals surface area contributed by atoms with Gasteiger partial charge in [0.25, 0.3) is 0 Å². The third kappa shape index (κ3) is 7.51. The molecule has 1 atom stereocenters. The summed E-state index contributed by atoms with van der Waals surface area (Å²) in [7, 11) is 1.89. The van der Waals surface area contributed by atoms with E-state index in [1.54, 1.807) is 6.26 Å². The Hall–Kier alpha value is -0.870. The summed E-state index contributed by atoms with van der Waals surface area (Å²) in [6.45, 7) is 12.1. The molecule has 1 aromatic heterocycles. The number of hydrogen-bond acceptors (Lipinski definition) is 5. The largest absolute Gasteiger partial charge is 0.364 e. The lowest BCUT2D eigenvalue weighted by molar-refractivity contribution is 0.168. The standard InChI is InChI=1S/C20H36N6O.HI/c1-18-6-5-10-24(16-18)9-4-3-8-22-20(21-2)26-13-11-25(12-14-26)17-19-7-15-27-23-19;/h7,15,18H,3-6,8-14,16-17H2,1-2H3,(H,21,22);1H. The maximum atomic E-state index is 4.92. The molecule has 1 unspecified atom stereocenters. The number of rotatable bonds is 7. The summed E-state index contributed by atoms with van der Waals surface area (Å²) < 4.78 is 4.92. The van der Waals surface area contributed by atoms with Gasteiger partial charge in [0.05, 0.1) is 5.69 Å². The predicted molar refractivity (Wildman–Crippen MR) is 124 cm³/mol. The van der Waals surface area contributed by atoms with Crippen LogP contribution < -0.4 is 5.32 Å². The van der Waals surface area contributed by atoms with Crippen LogP contribution in [0.25, 0.3) is 0 Å². The fourth-order valence-corrected chi connectivity index (χ4v) is 4.15. The highest BCUT2D eigenvalue weighted by Crippen LogP contribution is 2.15. The van der Waals surface area contributed by atoms with Crippen molar-refractivity contribution >= 4 is 29.9 Å². The molecule has 160 valence electrons. The lowest BCUT2D eigenvalue weighted by atomic mass is 10.0. The van der Waals surface area contributed by atoms with Crippen LogP contribution in [0.2, 0.25) is 0 Å². The van der Waals surface area contributed by atoms with E-state index in [4.69, 9.17) is 4.52 Å². The zero-order valence-electron chi connectivity index (χ0n) is 17.5. The summed E-state index contributed by atoms with van der Waals surface area (Å²) in [5.41, 5.74) is 1.01. The molecule has 0 spiro atoms. The molecule has 0 bridgehead atoms. The third-order valence-electron chi connectivity index (χ3n) is 5.69. The van der Waals surface area contributed by atoms with Crippen LogP contribution in [0.15, 0.2) is 21.8 Å².